The monoisotopic (exact) mass is 359 g/mol. The van der Waals surface area contributed by atoms with Gasteiger partial charge in [-0.3, -0.25) is 10.0 Å². The van der Waals surface area contributed by atoms with Gasteiger partial charge in [0.2, 0.25) is 0 Å². The van der Waals surface area contributed by atoms with Crippen LogP contribution in [0.3, 0.4) is 0 Å². The molecule has 1 unspecified atom stereocenters. The number of aromatic nitrogens is 2. The largest absolute Gasteiger partial charge is 0.321 e. The average molecular weight is 359 g/mol. The van der Waals surface area contributed by atoms with E-state index in [2.05, 4.69) is 35.8 Å². The Morgan fingerprint density at radius 2 is 2.04 bits per heavy atom. The first kappa shape index (κ1) is 17.2. The van der Waals surface area contributed by atoms with Gasteiger partial charge in [0.25, 0.3) is 5.91 Å². The molecule has 3 aromatic rings. The van der Waals surface area contributed by atoms with Gasteiger partial charge in [0, 0.05) is 23.1 Å². The quantitative estimate of drug-likeness (QED) is 0.532. The van der Waals surface area contributed by atoms with Crippen molar-refractivity contribution >= 4 is 16.9 Å². The Balaban J connectivity index is 1.89. The number of hydrogen-bond donors (Lipinski definition) is 2. The predicted octanol–water partition coefficient (Wildman–Crippen LogP) is 4.52. The molecule has 136 valence electrons. The van der Waals surface area contributed by atoms with E-state index in [1.165, 1.54) is 0 Å². The topological polar surface area (TPSA) is 67.2 Å². The molecule has 1 aromatic heterocycles. The summed E-state index contributed by atoms with van der Waals surface area (Å²) in [6, 6.07) is 15.6. The van der Waals surface area contributed by atoms with Crippen molar-refractivity contribution in [3.8, 4) is 11.4 Å². The summed E-state index contributed by atoms with van der Waals surface area (Å²) < 4.78 is 2.25. The minimum Gasteiger partial charge on any atom is -0.321 e. The van der Waals surface area contributed by atoms with Crippen LogP contribution in [0.15, 0.2) is 72.8 Å². The molecule has 1 amide bonds. The molecule has 1 aliphatic rings. The molecule has 27 heavy (non-hydrogen) atoms. The molecular formula is C22H21N3O2. The number of nitrogens with one attached hydrogen (secondary N) is 1. The van der Waals surface area contributed by atoms with Gasteiger partial charge in [0.1, 0.15) is 5.82 Å². The van der Waals surface area contributed by atoms with Crippen LogP contribution in [0.2, 0.25) is 0 Å². The van der Waals surface area contributed by atoms with Gasteiger partial charge < -0.3 is 4.57 Å². The number of fused-ring (bicyclic) bond motifs is 1. The third kappa shape index (κ3) is 3.17. The Morgan fingerprint density at radius 1 is 1.22 bits per heavy atom. The number of rotatable bonds is 4. The highest BCUT2D eigenvalue weighted by molar-refractivity contribution is 5.97. The van der Waals surface area contributed by atoms with E-state index in [-0.39, 0.29) is 6.04 Å². The molecule has 2 atom stereocenters. The minimum atomic E-state index is -0.541. The van der Waals surface area contributed by atoms with Crippen LogP contribution in [0.25, 0.3) is 22.4 Å². The molecule has 4 rings (SSSR count). The van der Waals surface area contributed by atoms with Crippen LogP contribution in [0.4, 0.5) is 0 Å². The normalized spacial score (nSPS) is 17.2. The van der Waals surface area contributed by atoms with E-state index in [0.717, 1.165) is 28.8 Å². The summed E-state index contributed by atoms with van der Waals surface area (Å²) in [7, 11) is 0. The van der Waals surface area contributed by atoms with Crippen molar-refractivity contribution in [3.63, 3.8) is 0 Å². The van der Waals surface area contributed by atoms with Crippen molar-refractivity contribution < 1.29 is 10.0 Å². The maximum atomic E-state index is 11.8. The second-order valence-electron chi connectivity index (χ2n) is 6.77. The van der Waals surface area contributed by atoms with Crippen LogP contribution in [-0.4, -0.2) is 20.7 Å². The highest BCUT2D eigenvalue weighted by atomic mass is 16.5. The van der Waals surface area contributed by atoms with Crippen molar-refractivity contribution in [3.05, 3.63) is 78.4 Å². The summed E-state index contributed by atoms with van der Waals surface area (Å²) in [5.41, 5.74) is 4.80. The Labute approximate surface area is 157 Å². The first-order valence-corrected chi connectivity index (χ1v) is 9.04. The summed E-state index contributed by atoms with van der Waals surface area (Å²) in [5.74, 6) is 0.707. The van der Waals surface area contributed by atoms with Gasteiger partial charge in [-0.05, 0) is 31.5 Å². The van der Waals surface area contributed by atoms with Crippen molar-refractivity contribution in [1.29, 1.82) is 0 Å². The zero-order chi connectivity index (χ0) is 18.8. The summed E-state index contributed by atoms with van der Waals surface area (Å²) >= 11 is 0. The second-order valence-corrected chi connectivity index (χ2v) is 6.77. The van der Waals surface area contributed by atoms with E-state index in [9.17, 15) is 4.79 Å². The van der Waals surface area contributed by atoms with Gasteiger partial charge in [0.15, 0.2) is 0 Å². The van der Waals surface area contributed by atoms with Gasteiger partial charge in [-0.15, -0.1) is 0 Å². The predicted molar refractivity (Wildman–Crippen MR) is 106 cm³/mol. The van der Waals surface area contributed by atoms with Crippen molar-refractivity contribution in [1.82, 2.24) is 15.0 Å². The van der Waals surface area contributed by atoms with Gasteiger partial charge in [0.05, 0.1) is 11.0 Å². The molecule has 0 bridgehead atoms. The lowest BCUT2D eigenvalue weighted by Crippen LogP contribution is -2.18. The molecule has 0 fully saturated rings. The van der Waals surface area contributed by atoms with Crippen LogP contribution in [0.1, 0.15) is 29.7 Å². The lowest BCUT2D eigenvalue weighted by atomic mass is 9.93. The highest BCUT2D eigenvalue weighted by Crippen LogP contribution is 2.34. The van der Waals surface area contributed by atoms with Crippen LogP contribution < -0.4 is 5.48 Å². The van der Waals surface area contributed by atoms with Crippen LogP contribution in [0.5, 0.6) is 0 Å². The SMILES string of the molecule is C[C@H](C1C=CC=CC1)n1c(-c2ccccc2)nc2cc(C(=O)NO)ccc21. The van der Waals surface area contributed by atoms with Gasteiger partial charge >= 0.3 is 0 Å². The average Bonchev–Trinajstić information content (AvgIpc) is 3.12. The molecule has 5 heteroatoms. The Kier molecular flexibility index (Phi) is 4.60. The number of nitrogens with zero attached hydrogens (tertiary/aromatic N) is 2. The fourth-order valence-electron chi connectivity index (χ4n) is 3.66. The standard InChI is InChI=1S/C22H21N3O2/c1-15(16-8-4-2-5-9-16)25-20-13-12-18(22(26)24-27)14-19(20)23-21(25)17-10-6-3-7-11-17/h2-8,10-16,27H,9H2,1H3,(H,24,26)/t15-,16?/m1/s1. The van der Waals surface area contributed by atoms with Crippen LogP contribution >= 0.6 is 0 Å². The summed E-state index contributed by atoms with van der Waals surface area (Å²) in [5, 5.41) is 8.92. The number of hydrogen-bond acceptors (Lipinski definition) is 3. The van der Waals surface area contributed by atoms with E-state index in [4.69, 9.17) is 10.2 Å². The van der Waals surface area contributed by atoms with E-state index in [1.807, 2.05) is 36.4 Å². The van der Waals surface area contributed by atoms with Crippen LogP contribution in [-0.2, 0) is 0 Å². The van der Waals surface area contributed by atoms with Crippen LogP contribution in [0, 0.1) is 5.92 Å². The van der Waals surface area contributed by atoms with Gasteiger partial charge in [-0.1, -0.05) is 54.6 Å². The summed E-state index contributed by atoms with van der Waals surface area (Å²) in [6.07, 6.45) is 9.57. The Hall–Kier alpha value is -3.18. The third-order valence-electron chi connectivity index (χ3n) is 5.13. The second kappa shape index (κ2) is 7.21. The number of hydroxylamine groups is 1. The summed E-state index contributed by atoms with van der Waals surface area (Å²) in [6.45, 7) is 2.20. The molecule has 0 saturated carbocycles. The van der Waals surface area contributed by atoms with Crippen molar-refractivity contribution in [2.75, 3.05) is 0 Å². The summed E-state index contributed by atoms with van der Waals surface area (Å²) in [4.78, 5) is 16.6. The zero-order valence-electron chi connectivity index (χ0n) is 15.0. The molecule has 0 aliphatic heterocycles. The molecule has 0 radical (unpaired) electrons. The maximum absolute atomic E-state index is 11.8. The van der Waals surface area contributed by atoms with Gasteiger partial charge in [-0.2, -0.15) is 0 Å². The van der Waals surface area contributed by atoms with Crippen molar-refractivity contribution in [2.24, 2.45) is 5.92 Å². The van der Waals surface area contributed by atoms with Crippen molar-refractivity contribution in [2.45, 2.75) is 19.4 Å². The molecule has 5 nitrogen and oxygen atoms in total. The molecular weight excluding hydrogens is 338 g/mol. The number of amides is 1. The lowest BCUT2D eigenvalue weighted by Gasteiger charge is -2.25. The minimum absolute atomic E-state index is 0.198. The smallest absolute Gasteiger partial charge is 0.274 e. The van der Waals surface area contributed by atoms with Gasteiger partial charge in [-0.25, -0.2) is 10.5 Å². The number of allylic oxidation sites excluding steroid dienone is 4. The molecule has 2 N–H and O–H groups in total. The third-order valence-corrected chi connectivity index (χ3v) is 5.13. The Bertz CT molecular complexity index is 1030. The Morgan fingerprint density at radius 3 is 2.74 bits per heavy atom. The fraction of sp³-hybridized carbons (Fsp3) is 0.182. The number of carbonyl (C=O) groups is 1. The number of imidazole rings is 1. The van der Waals surface area contributed by atoms with E-state index >= 15 is 0 Å². The van der Waals surface area contributed by atoms with E-state index < -0.39 is 5.91 Å². The maximum Gasteiger partial charge on any atom is 0.274 e. The van der Waals surface area contributed by atoms with E-state index in [1.54, 1.807) is 17.6 Å². The molecule has 1 aliphatic carbocycles. The molecule has 1 heterocycles. The van der Waals surface area contributed by atoms with E-state index in [0.29, 0.717) is 11.5 Å². The molecule has 0 saturated heterocycles. The lowest BCUT2D eigenvalue weighted by molar-refractivity contribution is 0.0706. The first-order chi connectivity index (χ1) is 13.2. The highest BCUT2D eigenvalue weighted by Gasteiger charge is 2.23. The zero-order valence-corrected chi connectivity index (χ0v) is 15.0. The number of benzene rings is 2. The molecule has 0 spiro atoms. The first-order valence-electron chi connectivity index (χ1n) is 9.04. The fourth-order valence-corrected chi connectivity index (χ4v) is 3.66. The number of carbonyl (C=O) groups excluding carboxylic acids is 1. The molecule has 2 aromatic carbocycles.